The van der Waals surface area contributed by atoms with Crippen molar-refractivity contribution in [2.45, 2.75) is 44.3 Å². The Kier molecular flexibility index (Phi) is 4.57. The Balaban J connectivity index is 1.46. The summed E-state index contributed by atoms with van der Waals surface area (Å²) in [6.45, 7) is 2.79. The van der Waals surface area contributed by atoms with Crippen LogP contribution in [-0.2, 0) is 6.54 Å². The van der Waals surface area contributed by atoms with Crippen molar-refractivity contribution in [2.75, 3.05) is 20.1 Å². The van der Waals surface area contributed by atoms with Crippen LogP contribution in [0.5, 0.6) is 0 Å². The van der Waals surface area contributed by atoms with Gasteiger partial charge in [0.15, 0.2) is 0 Å². The molecule has 1 aromatic heterocycles. The first-order valence-electron chi connectivity index (χ1n) is 9.30. The molecule has 0 radical (unpaired) electrons. The zero-order valence-corrected chi connectivity index (χ0v) is 14.8. The van der Waals surface area contributed by atoms with Crippen LogP contribution in [0, 0.1) is 0 Å². The van der Waals surface area contributed by atoms with Crippen LogP contribution in [0.25, 0.3) is 0 Å². The number of carbonyl (C=O) groups excluding carboxylic acids is 1. The molecular formula is C20H26N4O. The van der Waals surface area contributed by atoms with Gasteiger partial charge in [0.05, 0.1) is 6.54 Å². The van der Waals surface area contributed by atoms with Gasteiger partial charge in [-0.25, -0.2) is 0 Å². The SMILES string of the molecule is CN1CCC[C@@H]1[C@H]1CCCN1C(=O)c1ccc(Cn2cccn2)cc1. The van der Waals surface area contributed by atoms with Crippen LogP contribution in [-0.4, -0.2) is 57.7 Å². The first-order valence-corrected chi connectivity index (χ1v) is 9.30. The highest BCUT2D eigenvalue weighted by molar-refractivity contribution is 5.94. The van der Waals surface area contributed by atoms with E-state index in [0.29, 0.717) is 12.1 Å². The van der Waals surface area contributed by atoms with Crippen molar-refractivity contribution >= 4 is 5.91 Å². The molecule has 0 N–H and O–H groups in total. The van der Waals surface area contributed by atoms with Crippen LogP contribution < -0.4 is 0 Å². The molecule has 5 nitrogen and oxygen atoms in total. The summed E-state index contributed by atoms with van der Waals surface area (Å²) in [7, 11) is 2.20. The van der Waals surface area contributed by atoms with E-state index < -0.39 is 0 Å². The van der Waals surface area contributed by atoms with Gasteiger partial charge in [-0.15, -0.1) is 0 Å². The monoisotopic (exact) mass is 338 g/mol. The summed E-state index contributed by atoms with van der Waals surface area (Å²) in [4.78, 5) is 17.6. The number of carbonyl (C=O) groups is 1. The van der Waals surface area contributed by atoms with E-state index >= 15 is 0 Å². The summed E-state index contributed by atoms with van der Waals surface area (Å²) in [5, 5.41) is 4.23. The number of rotatable bonds is 4. The Bertz CT molecular complexity index is 710. The van der Waals surface area contributed by atoms with Crippen molar-refractivity contribution in [3.63, 3.8) is 0 Å². The van der Waals surface area contributed by atoms with Crippen molar-refractivity contribution in [3.05, 3.63) is 53.9 Å². The summed E-state index contributed by atoms with van der Waals surface area (Å²) in [5.74, 6) is 0.188. The molecule has 2 saturated heterocycles. The van der Waals surface area contributed by atoms with E-state index in [4.69, 9.17) is 0 Å². The van der Waals surface area contributed by atoms with Crippen LogP contribution in [0.1, 0.15) is 41.6 Å². The highest BCUT2D eigenvalue weighted by Crippen LogP contribution is 2.30. The maximum atomic E-state index is 13.0. The molecule has 0 saturated carbocycles. The number of hydrogen-bond donors (Lipinski definition) is 0. The van der Waals surface area contributed by atoms with Crippen molar-refractivity contribution < 1.29 is 4.79 Å². The van der Waals surface area contributed by atoms with Crippen LogP contribution >= 0.6 is 0 Å². The second-order valence-corrected chi connectivity index (χ2v) is 7.30. The number of aromatic nitrogens is 2. The van der Waals surface area contributed by atoms with E-state index in [1.165, 1.54) is 12.8 Å². The van der Waals surface area contributed by atoms with E-state index in [0.717, 1.165) is 43.6 Å². The third kappa shape index (κ3) is 3.33. The van der Waals surface area contributed by atoms with Gasteiger partial charge in [-0.2, -0.15) is 5.10 Å². The molecular weight excluding hydrogens is 312 g/mol. The minimum Gasteiger partial charge on any atom is -0.334 e. The average molecular weight is 338 g/mol. The molecule has 1 amide bonds. The van der Waals surface area contributed by atoms with E-state index in [1.807, 2.05) is 41.2 Å². The van der Waals surface area contributed by atoms with Crippen LogP contribution in [0.15, 0.2) is 42.7 Å². The Morgan fingerprint density at radius 1 is 1.12 bits per heavy atom. The van der Waals surface area contributed by atoms with Gasteiger partial charge in [0.25, 0.3) is 5.91 Å². The van der Waals surface area contributed by atoms with Gasteiger partial charge in [-0.1, -0.05) is 12.1 Å². The second-order valence-electron chi connectivity index (χ2n) is 7.30. The molecule has 0 aliphatic carbocycles. The van der Waals surface area contributed by atoms with Crippen molar-refractivity contribution in [3.8, 4) is 0 Å². The van der Waals surface area contributed by atoms with Gasteiger partial charge >= 0.3 is 0 Å². The number of benzene rings is 1. The third-order valence-electron chi connectivity index (χ3n) is 5.69. The number of nitrogens with zero attached hydrogens (tertiary/aromatic N) is 4. The molecule has 2 aliphatic rings. The molecule has 2 atom stereocenters. The van der Waals surface area contributed by atoms with Crippen molar-refractivity contribution in [1.82, 2.24) is 19.6 Å². The lowest BCUT2D eigenvalue weighted by Crippen LogP contribution is -2.47. The maximum absolute atomic E-state index is 13.0. The lowest BCUT2D eigenvalue weighted by molar-refractivity contribution is 0.0664. The lowest BCUT2D eigenvalue weighted by Gasteiger charge is -2.33. The third-order valence-corrected chi connectivity index (χ3v) is 5.69. The normalized spacial score (nSPS) is 24.1. The molecule has 0 spiro atoms. The Morgan fingerprint density at radius 2 is 1.88 bits per heavy atom. The minimum atomic E-state index is 0.188. The summed E-state index contributed by atoms with van der Waals surface area (Å²) in [6, 6.07) is 10.9. The van der Waals surface area contributed by atoms with Gasteiger partial charge in [-0.05, 0) is 63.0 Å². The standard InChI is InChI=1S/C20H26N4O/c1-22-12-2-5-18(22)19-6-3-14-24(19)20(25)17-9-7-16(8-10-17)15-23-13-4-11-21-23/h4,7-11,13,18-19H,2-3,5-6,12,14-15H2,1H3/t18-,19-/m1/s1. The minimum absolute atomic E-state index is 0.188. The zero-order valence-electron chi connectivity index (χ0n) is 14.8. The number of amides is 1. The summed E-state index contributed by atoms with van der Waals surface area (Å²) < 4.78 is 1.89. The number of likely N-dealkylation sites (N-methyl/N-ethyl adjacent to an activating group) is 1. The van der Waals surface area contributed by atoms with Crippen molar-refractivity contribution in [1.29, 1.82) is 0 Å². The molecule has 4 rings (SSSR count). The number of likely N-dealkylation sites (tertiary alicyclic amines) is 2. The molecule has 2 aliphatic heterocycles. The number of hydrogen-bond acceptors (Lipinski definition) is 3. The van der Waals surface area contributed by atoms with Crippen LogP contribution in [0.2, 0.25) is 0 Å². The molecule has 3 heterocycles. The summed E-state index contributed by atoms with van der Waals surface area (Å²) >= 11 is 0. The Morgan fingerprint density at radius 3 is 2.56 bits per heavy atom. The molecule has 2 aromatic rings. The van der Waals surface area contributed by atoms with Gasteiger partial charge in [0, 0.05) is 36.6 Å². The van der Waals surface area contributed by atoms with Gasteiger partial charge in [0.1, 0.15) is 0 Å². The summed E-state index contributed by atoms with van der Waals surface area (Å²) in [5.41, 5.74) is 1.96. The smallest absolute Gasteiger partial charge is 0.254 e. The zero-order chi connectivity index (χ0) is 17.2. The predicted octanol–water partition coefficient (Wildman–Crippen LogP) is 2.63. The first-order chi connectivity index (χ1) is 12.2. The first kappa shape index (κ1) is 16.3. The van der Waals surface area contributed by atoms with E-state index in [1.54, 1.807) is 6.20 Å². The molecule has 0 unspecified atom stereocenters. The van der Waals surface area contributed by atoms with Gasteiger partial charge in [-0.3, -0.25) is 9.48 Å². The van der Waals surface area contributed by atoms with E-state index in [2.05, 4.69) is 21.9 Å². The second kappa shape index (κ2) is 7.00. The fourth-order valence-electron chi connectivity index (χ4n) is 4.37. The molecule has 5 heteroatoms. The van der Waals surface area contributed by atoms with E-state index in [9.17, 15) is 4.79 Å². The largest absolute Gasteiger partial charge is 0.334 e. The average Bonchev–Trinajstić information content (AvgIpc) is 3.36. The highest BCUT2D eigenvalue weighted by Gasteiger charge is 2.38. The van der Waals surface area contributed by atoms with Crippen LogP contribution in [0.4, 0.5) is 0 Å². The van der Waals surface area contributed by atoms with E-state index in [-0.39, 0.29) is 5.91 Å². The van der Waals surface area contributed by atoms with Gasteiger partial charge < -0.3 is 9.80 Å². The predicted molar refractivity (Wildman–Crippen MR) is 97.5 cm³/mol. The topological polar surface area (TPSA) is 41.4 Å². The quantitative estimate of drug-likeness (QED) is 0.860. The molecule has 25 heavy (non-hydrogen) atoms. The van der Waals surface area contributed by atoms with Gasteiger partial charge in [0.2, 0.25) is 0 Å². The van der Waals surface area contributed by atoms with Crippen molar-refractivity contribution in [2.24, 2.45) is 0 Å². The Labute approximate surface area is 149 Å². The molecule has 1 aromatic carbocycles. The fraction of sp³-hybridized carbons (Fsp3) is 0.500. The highest BCUT2D eigenvalue weighted by atomic mass is 16.2. The summed E-state index contributed by atoms with van der Waals surface area (Å²) in [6.07, 6.45) is 8.46. The lowest BCUT2D eigenvalue weighted by atomic mass is 10.0. The molecule has 0 bridgehead atoms. The molecule has 132 valence electrons. The fourth-order valence-corrected chi connectivity index (χ4v) is 4.37. The van der Waals surface area contributed by atoms with Crippen LogP contribution in [0.3, 0.4) is 0 Å². The Hall–Kier alpha value is -2.14. The maximum Gasteiger partial charge on any atom is 0.254 e. The molecule has 2 fully saturated rings.